The maximum Gasteiger partial charge on any atom is 0.201 e. The first-order valence-corrected chi connectivity index (χ1v) is 10.9. The third-order valence-corrected chi connectivity index (χ3v) is 6.12. The molecule has 3 rings (SSSR count). The first kappa shape index (κ1) is 20.6. The number of rotatable bonds is 8. The van der Waals surface area contributed by atoms with E-state index in [0.717, 1.165) is 76.4 Å². The average molecular weight is 381 g/mol. The number of fused-ring (bicyclic) bond motifs is 1. The molecule has 1 fully saturated rings. The zero-order chi connectivity index (χ0) is 19.2. The van der Waals surface area contributed by atoms with Crippen molar-refractivity contribution < 1.29 is 18.3 Å². The fourth-order valence-corrected chi connectivity index (χ4v) is 4.51. The molecule has 2 aliphatic rings. The minimum atomic E-state index is -0.778. The number of hydrogen-bond donors (Lipinski definition) is 0. The van der Waals surface area contributed by atoms with Crippen molar-refractivity contribution in [1.29, 1.82) is 0 Å². The van der Waals surface area contributed by atoms with E-state index in [-0.39, 0.29) is 11.9 Å². The summed E-state index contributed by atoms with van der Waals surface area (Å²) in [5, 5.41) is 0. The Morgan fingerprint density at radius 2 is 1.78 bits per heavy atom. The fourth-order valence-electron chi connectivity index (χ4n) is 4.51. The van der Waals surface area contributed by atoms with Gasteiger partial charge in [0, 0.05) is 6.61 Å². The lowest BCUT2D eigenvalue weighted by molar-refractivity contribution is 0.0176. The van der Waals surface area contributed by atoms with Crippen molar-refractivity contribution >= 4 is 0 Å². The number of aryl methyl sites for hydroxylation is 2. The van der Waals surface area contributed by atoms with Gasteiger partial charge in [-0.2, -0.15) is 4.39 Å². The van der Waals surface area contributed by atoms with Gasteiger partial charge >= 0.3 is 0 Å². The summed E-state index contributed by atoms with van der Waals surface area (Å²) in [4.78, 5) is 0. The second-order valence-electron chi connectivity index (χ2n) is 8.27. The van der Waals surface area contributed by atoms with E-state index in [2.05, 4.69) is 13.8 Å². The number of hydrogen-bond acceptors (Lipinski definition) is 2. The van der Waals surface area contributed by atoms with Crippen LogP contribution in [0.3, 0.4) is 0 Å². The Hall–Kier alpha value is -1.16. The van der Waals surface area contributed by atoms with Crippen LogP contribution >= 0.6 is 0 Å². The summed E-state index contributed by atoms with van der Waals surface area (Å²) in [7, 11) is 0. The van der Waals surface area contributed by atoms with Crippen LogP contribution in [0.1, 0.15) is 82.8 Å². The van der Waals surface area contributed by atoms with E-state index in [0.29, 0.717) is 24.0 Å². The molecule has 1 aromatic carbocycles. The number of ether oxygens (including phenoxy) is 2. The molecule has 1 saturated carbocycles. The highest BCUT2D eigenvalue weighted by Gasteiger charge is 2.27. The summed E-state index contributed by atoms with van der Waals surface area (Å²) < 4.78 is 40.8. The maximum atomic E-state index is 14.6. The molecule has 0 spiro atoms. The molecule has 1 unspecified atom stereocenters. The second kappa shape index (κ2) is 9.86. The van der Waals surface area contributed by atoms with Crippen LogP contribution in [0, 0.1) is 17.6 Å². The zero-order valence-electron chi connectivity index (χ0n) is 16.9. The van der Waals surface area contributed by atoms with Crippen molar-refractivity contribution in [2.45, 2.75) is 96.7 Å². The predicted octanol–water partition coefficient (Wildman–Crippen LogP) is 6.38. The van der Waals surface area contributed by atoms with Crippen LogP contribution in [0.25, 0.3) is 0 Å². The molecule has 0 radical (unpaired) electrons. The van der Waals surface area contributed by atoms with Gasteiger partial charge in [0.15, 0.2) is 11.6 Å². The molecule has 0 aromatic heterocycles. The molecule has 4 heteroatoms. The van der Waals surface area contributed by atoms with Crippen LogP contribution in [-0.4, -0.2) is 18.8 Å². The highest BCUT2D eigenvalue weighted by molar-refractivity contribution is 5.41. The molecule has 1 heterocycles. The maximum absolute atomic E-state index is 14.6. The van der Waals surface area contributed by atoms with Crippen LogP contribution in [0.5, 0.6) is 5.75 Å². The number of halogens is 2. The Kier molecular flexibility index (Phi) is 7.51. The molecule has 152 valence electrons. The van der Waals surface area contributed by atoms with Gasteiger partial charge in [-0.1, -0.05) is 20.3 Å². The van der Waals surface area contributed by atoms with E-state index in [1.165, 1.54) is 0 Å². The molecular weight excluding hydrogens is 346 g/mol. The van der Waals surface area contributed by atoms with Crippen LogP contribution in [-0.2, 0) is 17.6 Å². The van der Waals surface area contributed by atoms with Crippen LogP contribution in [0.2, 0.25) is 0 Å². The van der Waals surface area contributed by atoms with E-state index in [9.17, 15) is 8.78 Å². The largest absolute Gasteiger partial charge is 0.487 e. The standard InChI is InChI=1S/C23H34F2O2/c1-3-5-20-13-10-18-15-17(21(24)22(25)23(18)27-20)9-6-16-7-11-19(12-8-16)26-14-4-2/h15-16,19-20H,3-14H2,1-2H3. The van der Waals surface area contributed by atoms with Crippen molar-refractivity contribution in [2.75, 3.05) is 6.61 Å². The molecule has 0 amide bonds. The SMILES string of the molecule is CCCOC1CCC(CCc2cc3c(c(F)c2F)OC(CCC)CC3)CC1. The summed E-state index contributed by atoms with van der Waals surface area (Å²) in [5.74, 6) is -0.726. The van der Waals surface area contributed by atoms with Crippen molar-refractivity contribution in [3.05, 3.63) is 28.8 Å². The lowest BCUT2D eigenvalue weighted by Crippen LogP contribution is -2.24. The average Bonchev–Trinajstić information content (AvgIpc) is 2.69. The summed E-state index contributed by atoms with van der Waals surface area (Å²) in [6.45, 7) is 5.06. The minimum absolute atomic E-state index is 0.0207. The quantitative estimate of drug-likeness (QED) is 0.521. The molecule has 27 heavy (non-hydrogen) atoms. The molecular formula is C23H34F2O2. The summed E-state index contributed by atoms with van der Waals surface area (Å²) in [6.07, 6.45) is 11.0. The van der Waals surface area contributed by atoms with Gasteiger partial charge in [0.25, 0.3) is 0 Å². The van der Waals surface area contributed by atoms with Gasteiger partial charge in [-0.3, -0.25) is 0 Å². The minimum Gasteiger partial charge on any atom is -0.487 e. The van der Waals surface area contributed by atoms with Gasteiger partial charge in [-0.15, -0.1) is 0 Å². The third-order valence-electron chi connectivity index (χ3n) is 6.12. The second-order valence-corrected chi connectivity index (χ2v) is 8.27. The van der Waals surface area contributed by atoms with Gasteiger partial charge in [-0.05, 0) is 87.3 Å². The highest BCUT2D eigenvalue weighted by atomic mass is 19.2. The molecule has 1 atom stereocenters. The molecule has 1 aromatic rings. The van der Waals surface area contributed by atoms with E-state index in [1.54, 1.807) is 0 Å². The molecule has 1 aliphatic carbocycles. The van der Waals surface area contributed by atoms with Gasteiger partial charge in [0.1, 0.15) is 0 Å². The monoisotopic (exact) mass is 380 g/mol. The molecule has 0 saturated heterocycles. The van der Waals surface area contributed by atoms with Gasteiger partial charge in [0.05, 0.1) is 12.2 Å². The van der Waals surface area contributed by atoms with Crippen LogP contribution < -0.4 is 4.74 Å². The summed E-state index contributed by atoms with van der Waals surface area (Å²) in [6, 6.07) is 1.85. The normalized spacial score (nSPS) is 25.1. The Labute approximate surface area is 162 Å². The fraction of sp³-hybridized carbons (Fsp3) is 0.739. The van der Waals surface area contributed by atoms with E-state index in [4.69, 9.17) is 9.47 Å². The van der Waals surface area contributed by atoms with Crippen LogP contribution in [0.15, 0.2) is 6.07 Å². The Morgan fingerprint density at radius 3 is 2.48 bits per heavy atom. The van der Waals surface area contributed by atoms with Gasteiger partial charge < -0.3 is 9.47 Å². The van der Waals surface area contributed by atoms with Gasteiger partial charge in [0.2, 0.25) is 5.82 Å². The lowest BCUT2D eigenvalue weighted by Gasteiger charge is -2.29. The van der Waals surface area contributed by atoms with Crippen molar-refractivity contribution in [3.63, 3.8) is 0 Å². The Morgan fingerprint density at radius 1 is 1.00 bits per heavy atom. The molecule has 0 N–H and O–H groups in total. The van der Waals surface area contributed by atoms with E-state index >= 15 is 0 Å². The van der Waals surface area contributed by atoms with Crippen molar-refractivity contribution in [1.82, 2.24) is 0 Å². The first-order valence-electron chi connectivity index (χ1n) is 10.9. The van der Waals surface area contributed by atoms with E-state index < -0.39 is 11.6 Å². The molecule has 1 aliphatic heterocycles. The molecule has 2 nitrogen and oxygen atoms in total. The predicted molar refractivity (Wildman–Crippen MR) is 104 cm³/mol. The summed E-state index contributed by atoms with van der Waals surface area (Å²) in [5.41, 5.74) is 1.36. The van der Waals surface area contributed by atoms with Crippen molar-refractivity contribution in [3.8, 4) is 5.75 Å². The lowest BCUT2D eigenvalue weighted by atomic mass is 9.83. The Bertz CT molecular complexity index is 609. The van der Waals surface area contributed by atoms with Crippen LogP contribution in [0.4, 0.5) is 8.78 Å². The van der Waals surface area contributed by atoms with Crippen molar-refractivity contribution in [2.24, 2.45) is 5.92 Å². The zero-order valence-corrected chi connectivity index (χ0v) is 16.9. The topological polar surface area (TPSA) is 18.5 Å². The van der Waals surface area contributed by atoms with E-state index in [1.807, 2.05) is 6.07 Å². The third kappa shape index (κ3) is 5.22. The Balaban J connectivity index is 1.56. The first-order chi connectivity index (χ1) is 13.1. The van der Waals surface area contributed by atoms with Gasteiger partial charge in [-0.25, -0.2) is 4.39 Å². The number of benzene rings is 1. The highest BCUT2D eigenvalue weighted by Crippen LogP contribution is 2.36. The summed E-state index contributed by atoms with van der Waals surface area (Å²) >= 11 is 0. The smallest absolute Gasteiger partial charge is 0.201 e. The molecule has 0 bridgehead atoms.